The Labute approximate surface area is 128 Å². The van der Waals surface area contributed by atoms with Crippen molar-refractivity contribution < 1.29 is 12.8 Å². The van der Waals surface area contributed by atoms with Crippen LogP contribution in [0.1, 0.15) is 12.8 Å². The third-order valence-electron chi connectivity index (χ3n) is 3.27. The highest BCUT2D eigenvalue weighted by atomic mass is 32.2. The van der Waals surface area contributed by atoms with Crippen molar-refractivity contribution in [2.24, 2.45) is 5.73 Å². The van der Waals surface area contributed by atoms with Crippen LogP contribution >= 0.6 is 12.2 Å². The molecule has 2 rings (SSSR count). The van der Waals surface area contributed by atoms with E-state index in [0.717, 1.165) is 6.07 Å². The lowest BCUT2D eigenvalue weighted by Gasteiger charge is -2.31. The van der Waals surface area contributed by atoms with Crippen molar-refractivity contribution in [3.63, 3.8) is 0 Å². The maximum absolute atomic E-state index is 13.5. The van der Waals surface area contributed by atoms with Gasteiger partial charge in [0.15, 0.2) is 5.82 Å². The van der Waals surface area contributed by atoms with E-state index in [-0.39, 0.29) is 6.04 Å². The average molecular weight is 332 g/mol. The summed E-state index contributed by atoms with van der Waals surface area (Å²) in [5.41, 5.74) is 5.48. The Kier molecular flexibility index (Phi) is 5.20. The van der Waals surface area contributed by atoms with Crippen LogP contribution in [-0.4, -0.2) is 49.0 Å². The molecule has 0 bridgehead atoms. The van der Waals surface area contributed by atoms with E-state index in [1.165, 1.54) is 12.3 Å². The van der Waals surface area contributed by atoms with Gasteiger partial charge in [-0.05, 0) is 25.0 Å². The summed E-state index contributed by atoms with van der Waals surface area (Å²) < 4.78 is 40.3. The van der Waals surface area contributed by atoms with E-state index >= 15 is 0 Å². The highest BCUT2D eigenvalue weighted by molar-refractivity contribution is 7.89. The Bertz CT molecular complexity index is 615. The minimum atomic E-state index is -3.94. The molecule has 0 aliphatic carbocycles. The SMILES string of the molecule is NC(=S)CN1CCC(NS(=O)(=O)c2ncccc2F)CC1. The Morgan fingerprint density at radius 2 is 2.19 bits per heavy atom. The number of piperidine rings is 1. The molecule has 0 unspecified atom stereocenters. The average Bonchev–Trinajstić information content (AvgIpc) is 2.40. The number of nitrogens with zero attached hydrogens (tertiary/aromatic N) is 2. The molecular formula is C12H17FN4O2S2. The van der Waals surface area contributed by atoms with Gasteiger partial charge in [0.05, 0.1) is 4.99 Å². The lowest BCUT2D eigenvalue weighted by molar-refractivity contribution is 0.232. The van der Waals surface area contributed by atoms with Gasteiger partial charge in [-0.2, -0.15) is 0 Å². The number of hydrogen-bond acceptors (Lipinski definition) is 5. The van der Waals surface area contributed by atoms with Gasteiger partial charge in [0.2, 0.25) is 5.03 Å². The van der Waals surface area contributed by atoms with E-state index in [9.17, 15) is 12.8 Å². The van der Waals surface area contributed by atoms with E-state index in [1.54, 1.807) is 0 Å². The van der Waals surface area contributed by atoms with Crippen LogP contribution in [0.4, 0.5) is 4.39 Å². The maximum Gasteiger partial charge on any atom is 0.261 e. The van der Waals surface area contributed by atoms with Crippen LogP contribution in [0, 0.1) is 5.82 Å². The van der Waals surface area contributed by atoms with Crippen LogP contribution in [0.5, 0.6) is 0 Å². The minimum absolute atomic E-state index is 0.237. The standard InChI is InChI=1S/C12H17FN4O2S2/c13-10-2-1-5-15-12(10)21(18,19)16-9-3-6-17(7-4-9)8-11(14)20/h1-2,5,9,16H,3-4,6-8H2,(H2,14,20). The van der Waals surface area contributed by atoms with Crippen molar-refractivity contribution >= 4 is 27.2 Å². The first-order valence-electron chi connectivity index (χ1n) is 6.52. The Balaban J connectivity index is 1.97. The zero-order valence-electron chi connectivity index (χ0n) is 11.3. The van der Waals surface area contributed by atoms with Crippen molar-refractivity contribution in [2.45, 2.75) is 23.9 Å². The van der Waals surface area contributed by atoms with Crippen LogP contribution in [-0.2, 0) is 10.0 Å². The van der Waals surface area contributed by atoms with Crippen LogP contribution < -0.4 is 10.5 Å². The zero-order chi connectivity index (χ0) is 15.5. The number of likely N-dealkylation sites (tertiary alicyclic amines) is 1. The normalized spacial score (nSPS) is 17.8. The van der Waals surface area contributed by atoms with Gasteiger partial charge >= 0.3 is 0 Å². The molecular weight excluding hydrogens is 315 g/mol. The third kappa shape index (κ3) is 4.40. The Morgan fingerprint density at radius 3 is 2.76 bits per heavy atom. The summed E-state index contributed by atoms with van der Waals surface area (Å²) in [5.74, 6) is -0.851. The summed E-state index contributed by atoms with van der Waals surface area (Å²) in [4.78, 5) is 6.09. The molecule has 6 nitrogen and oxygen atoms in total. The van der Waals surface area contributed by atoms with Crippen LogP contribution in [0.15, 0.2) is 23.4 Å². The van der Waals surface area contributed by atoms with Crippen molar-refractivity contribution in [3.8, 4) is 0 Å². The van der Waals surface area contributed by atoms with Crippen molar-refractivity contribution in [2.75, 3.05) is 19.6 Å². The highest BCUT2D eigenvalue weighted by Gasteiger charge is 2.27. The molecule has 0 spiro atoms. The number of pyridine rings is 1. The fourth-order valence-corrected chi connectivity index (χ4v) is 3.77. The van der Waals surface area contributed by atoms with E-state index in [1.807, 2.05) is 0 Å². The van der Waals surface area contributed by atoms with Gasteiger partial charge in [-0.25, -0.2) is 22.5 Å². The van der Waals surface area contributed by atoms with Gasteiger partial charge in [0.1, 0.15) is 0 Å². The zero-order valence-corrected chi connectivity index (χ0v) is 13.0. The topological polar surface area (TPSA) is 88.3 Å². The number of nitrogens with one attached hydrogen (secondary N) is 1. The molecule has 1 saturated heterocycles. The predicted octanol–water partition coefficient (Wildman–Crippen LogP) is 0.249. The number of hydrogen-bond donors (Lipinski definition) is 2. The number of aromatic nitrogens is 1. The first kappa shape index (κ1) is 16.2. The van der Waals surface area contributed by atoms with Crippen molar-refractivity contribution in [3.05, 3.63) is 24.1 Å². The third-order valence-corrected chi connectivity index (χ3v) is 4.85. The van der Waals surface area contributed by atoms with Crippen LogP contribution in [0.3, 0.4) is 0 Å². The van der Waals surface area contributed by atoms with Crippen molar-refractivity contribution in [1.82, 2.24) is 14.6 Å². The Morgan fingerprint density at radius 1 is 1.52 bits per heavy atom. The highest BCUT2D eigenvalue weighted by Crippen LogP contribution is 2.15. The summed E-state index contributed by atoms with van der Waals surface area (Å²) in [6.07, 6.45) is 2.50. The fourth-order valence-electron chi connectivity index (χ4n) is 2.27. The van der Waals surface area contributed by atoms with E-state index in [0.29, 0.717) is 37.5 Å². The molecule has 1 aliphatic heterocycles. The molecule has 1 aromatic heterocycles. The molecule has 116 valence electrons. The Hall–Kier alpha value is -1.16. The predicted molar refractivity (Wildman–Crippen MR) is 80.8 cm³/mol. The molecule has 1 aliphatic rings. The smallest absolute Gasteiger partial charge is 0.261 e. The number of thiocarbonyl (C=S) groups is 1. The van der Waals surface area contributed by atoms with Gasteiger partial charge in [-0.3, -0.25) is 4.90 Å². The van der Waals surface area contributed by atoms with Gasteiger partial charge in [-0.1, -0.05) is 12.2 Å². The quantitative estimate of drug-likeness (QED) is 0.752. The van der Waals surface area contributed by atoms with E-state index < -0.39 is 20.9 Å². The second kappa shape index (κ2) is 6.73. The first-order chi connectivity index (χ1) is 9.88. The number of halogens is 1. The number of rotatable bonds is 5. The second-order valence-electron chi connectivity index (χ2n) is 4.93. The molecule has 21 heavy (non-hydrogen) atoms. The van der Waals surface area contributed by atoms with Gasteiger partial charge in [0.25, 0.3) is 10.0 Å². The summed E-state index contributed by atoms with van der Waals surface area (Å²) in [6.45, 7) is 1.91. The number of sulfonamides is 1. The lowest BCUT2D eigenvalue weighted by atomic mass is 10.1. The molecule has 1 fully saturated rings. The summed E-state index contributed by atoms with van der Waals surface area (Å²) >= 11 is 4.85. The molecule has 0 atom stereocenters. The van der Waals surface area contributed by atoms with E-state index in [2.05, 4.69) is 14.6 Å². The molecule has 3 N–H and O–H groups in total. The van der Waals surface area contributed by atoms with Crippen LogP contribution in [0.2, 0.25) is 0 Å². The minimum Gasteiger partial charge on any atom is -0.392 e. The van der Waals surface area contributed by atoms with Crippen molar-refractivity contribution in [1.29, 1.82) is 0 Å². The molecule has 0 amide bonds. The second-order valence-corrected chi connectivity index (χ2v) is 7.08. The monoisotopic (exact) mass is 332 g/mol. The summed E-state index contributed by atoms with van der Waals surface area (Å²) in [5, 5.41) is -0.560. The number of nitrogens with two attached hydrogens (primary N) is 1. The molecule has 2 heterocycles. The maximum atomic E-state index is 13.5. The van der Waals surface area contributed by atoms with Gasteiger partial charge in [-0.15, -0.1) is 0 Å². The summed E-state index contributed by atoms with van der Waals surface area (Å²) in [7, 11) is -3.94. The van der Waals surface area contributed by atoms with Gasteiger partial charge in [0, 0.05) is 31.9 Å². The van der Waals surface area contributed by atoms with Gasteiger partial charge < -0.3 is 5.73 Å². The summed E-state index contributed by atoms with van der Waals surface area (Å²) in [6, 6.07) is 2.19. The van der Waals surface area contributed by atoms with E-state index in [4.69, 9.17) is 18.0 Å². The molecule has 1 aromatic rings. The molecule has 0 saturated carbocycles. The fraction of sp³-hybridized carbons (Fsp3) is 0.500. The molecule has 0 radical (unpaired) electrons. The lowest BCUT2D eigenvalue weighted by Crippen LogP contribution is -2.46. The molecule has 0 aromatic carbocycles. The van der Waals surface area contributed by atoms with Crippen LogP contribution in [0.25, 0.3) is 0 Å². The first-order valence-corrected chi connectivity index (χ1v) is 8.41. The largest absolute Gasteiger partial charge is 0.392 e. The molecule has 9 heteroatoms.